The van der Waals surface area contributed by atoms with Crippen LogP contribution in [0.2, 0.25) is 0 Å². The van der Waals surface area contributed by atoms with Crippen molar-refractivity contribution in [3.8, 4) is 0 Å². The minimum atomic E-state index is -0.185. The van der Waals surface area contributed by atoms with Gasteiger partial charge in [0.1, 0.15) is 5.82 Å². The van der Waals surface area contributed by atoms with Gasteiger partial charge in [-0.25, -0.2) is 4.39 Å². The van der Waals surface area contributed by atoms with Crippen LogP contribution in [-0.2, 0) is 11.2 Å². The van der Waals surface area contributed by atoms with Gasteiger partial charge in [0, 0.05) is 24.2 Å². The third-order valence-corrected chi connectivity index (χ3v) is 3.45. The molecule has 0 aromatic heterocycles. The molecule has 0 saturated carbocycles. The van der Waals surface area contributed by atoms with E-state index in [1.54, 1.807) is 13.2 Å². The summed E-state index contributed by atoms with van der Waals surface area (Å²) < 4.78 is 19.3. The zero-order chi connectivity index (χ0) is 14.1. The van der Waals surface area contributed by atoms with Crippen molar-refractivity contribution in [3.63, 3.8) is 0 Å². The molecule has 19 heavy (non-hydrogen) atoms. The Hall–Kier alpha value is -0.450. The highest BCUT2D eigenvalue weighted by Gasteiger charge is 2.10. The quantitative estimate of drug-likeness (QED) is 0.692. The predicted octanol–water partition coefficient (Wildman–Crippen LogP) is 3.93. The van der Waals surface area contributed by atoms with Gasteiger partial charge in [-0.05, 0) is 56.0 Å². The zero-order valence-electron chi connectivity index (χ0n) is 11.7. The molecule has 2 nitrogen and oxygen atoms in total. The maximum absolute atomic E-state index is 13.4. The summed E-state index contributed by atoms with van der Waals surface area (Å²) in [7, 11) is 1.72. The van der Waals surface area contributed by atoms with Gasteiger partial charge >= 0.3 is 0 Å². The van der Waals surface area contributed by atoms with E-state index in [1.165, 1.54) is 6.07 Å². The van der Waals surface area contributed by atoms with Gasteiger partial charge in [0.25, 0.3) is 0 Å². The first-order valence-electron chi connectivity index (χ1n) is 6.83. The van der Waals surface area contributed by atoms with Gasteiger partial charge in [0.2, 0.25) is 0 Å². The minimum absolute atomic E-state index is 0.185. The average molecular weight is 332 g/mol. The minimum Gasteiger partial charge on any atom is -0.385 e. The maximum Gasteiger partial charge on any atom is 0.124 e. The van der Waals surface area contributed by atoms with E-state index in [0.29, 0.717) is 6.04 Å². The molecule has 1 aromatic carbocycles. The SMILES string of the molecule is CCCNC(CCCOC)Cc1cc(F)cc(Br)c1. The highest BCUT2D eigenvalue weighted by Crippen LogP contribution is 2.17. The zero-order valence-corrected chi connectivity index (χ0v) is 13.3. The Bertz CT molecular complexity index is 353. The van der Waals surface area contributed by atoms with Crippen LogP contribution in [0.5, 0.6) is 0 Å². The number of nitrogens with one attached hydrogen (secondary N) is 1. The lowest BCUT2D eigenvalue weighted by molar-refractivity contribution is 0.188. The highest BCUT2D eigenvalue weighted by atomic mass is 79.9. The topological polar surface area (TPSA) is 21.3 Å². The first-order valence-corrected chi connectivity index (χ1v) is 7.62. The summed E-state index contributed by atoms with van der Waals surface area (Å²) in [6.45, 7) is 3.92. The maximum atomic E-state index is 13.4. The second-order valence-electron chi connectivity index (χ2n) is 4.77. The molecule has 0 heterocycles. The van der Waals surface area contributed by atoms with Crippen LogP contribution in [0.3, 0.4) is 0 Å². The third-order valence-electron chi connectivity index (χ3n) is 2.99. The normalized spacial score (nSPS) is 12.6. The smallest absolute Gasteiger partial charge is 0.124 e. The monoisotopic (exact) mass is 331 g/mol. The predicted molar refractivity (Wildman–Crippen MR) is 81.0 cm³/mol. The highest BCUT2D eigenvalue weighted by molar-refractivity contribution is 9.10. The Kier molecular flexibility index (Phi) is 8.26. The van der Waals surface area contributed by atoms with Crippen molar-refractivity contribution in [2.75, 3.05) is 20.3 Å². The fourth-order valence-corrected chi connectivity index (χ4v) is 2.62. The van der Waals surface area contributed by atoms with E-state index in [1.807, 2.05) is 6.07 Å². The molecule has 0 spiro atoms. The molecule has 1 N–H and O–H groups in total. The summed E-state index contributed by atoms with van der Waals surface area (Å²) in [5.74, 6) is -0.185. The Morgan fingerprint density at radius 2 is 2.16 bits per heavy atom. The van der Waals surface area contributed by atoms with Crippen molar-refractivity contribution in [2.24, 2.45) is 0 Å². The van der Waals surface area contributed by atoms with Crippen LogP contribution in [0.1, 0.15) is 31.7 Å². The van der Waals surface area contributed by atoms with Gasteiger partial charge in [-0.2, -0.15) is 0 Å². The summed E-state index contributed by atoms with van der Waals surface area (Å²) in [4.78, 5) is 0. The van der Waals surface area contributed by atoms with E-state index in [-0.39, 0.29) is 5.82 Å². The number of rotatable bonds is 9. The number of halogens is 2. The van der Waals surface area contributed by atoms with Gasteiger partial charge in [-0.1, -0.05) is 22.9 Å². The Morgan fingerprint density at radius 3 is 2.79 bits per heavy atom. The molecule has 108 valence electrons. The number of methoxy groups -OCH3 is 1. The van der Waals surface area contributed by atoms with Crippen LogP contribution in [0.4, 0.5) is 4.39 Å². The van der Waals surface area contributed by atoms with Crippen LogP contribution in [0.25, 0.3) is 0 Å². The van der Waals surface area contributed by atoms with Crippen molar-refractivity contribution in [3.05, 3.63) is 34.1 Å². The fraction of sp³-hybridized carbons (Fsp3) is 0.600. The molecule has 0 amide bonds. The molecule has 0 aliphatic rings. The summed E-state index contributed by atoms with van der Waals surface area (Å²) >= 11 is 3.34. The van der Waals surface area contributed by atoms with Crippen molar-refractivity contribution in [1.29, 1.82) is 0 Å². The van der Waals surface area contributed by atoms with E-state index < -0.39 is 0 Å². The van der Waals surface area contributed by atoms with Crippen LogP contribution in [0, 0.1) is 5.82 Å². The number of ether oxygens (including phenoxy) is 1. The van der Waals surface area contributed by atoms with Crippen molar-refractivity contribution in [2.45, 2.75) is 38.6 Å². The second-order valence-corrected chi connectivity index (χ2v) is 5.68. The van der Waals surface area contributed by atoms with Gasteiger partial charge in [0.15, 0.2) is 0 Å². The summed E-state index contributed by atoms with van der Waals surface area (Å²) in [5, 5.41) is 3.52. The molecule has 0 aliphatic heterocycles. The molecule has 4 heteroatoms. The third kappa shape index (κ3) is 7.04. The molecule has 1 atom stereocenters. The van der Waals surface area contributed by atoms with E-state index >= 15 is 0 Å². The molecular formula is C15H23BrFNO. The number of benzene rings is 1. The Morgan fingerprint density at radius 1 is 1.37 bits per heavy atom. The molecule has 0 saturated heterocycles. The van der Waals surface area contributed by atoms with Crippen LogP contribution in [-0.4, -0.2) is 26.3 Å². The largest absolute Gasteiger partial charge is 0.385 e. The average Bonchev–Trinajstić information content (AvgIpc) is 2.34. The lowest BCUT2D eigenvalue weighted by Gasteiger charge is -2.18. The van der Waals surface area contributed by atoms with Crippen LogP contribution in [0.15, 0.2) is 22.7 Å². The molecule has 0 bridgehead atoms. The lowest BCUT2D eigenvalue weighted by atomic mass is 10.0. The van der Waals surface area contributed by atoms with E-state index in [4.69, 9.17) is 4.74 Å². The summed E-state index contributed by atoms with van der Waals surface area (Å²) in [5.41, 5.74) is 1.03. The lowest BCUT2D eigenvalue weighted by Crippen LogP contribution is -2.32. The molecule has 0 fully saturated rings. The molecule has 1 unspecified atom stereocenters. The standard InChI is InChI=1S/C15H23BrFNO/c1-3-6-18-15(5-4-7-19-2)10-12-8-13(16)11-14(17)9-12/h8-9,11,15,18H,3-7,10H2,1-2H3. The van der Waals surface area contributed by atoms with Gasteiger partial charge in [0.05, 0.1) is 0 Å². The number of hydrogen-bond donors (Lipinski definition) is 1. The Balaban J connectivity index is 2.58. The van der Waals surface area contributed by atoms with Crippen LogP contribution < -0.4 is 5.32 Å². The first-order chi connectivity index (χ1) is 9.15. The molecule has 1 aromatic rings. The molecule has 0 radical (unpaired) electrons. The summed E-state index contributed by atoms with van der Waals surface area (Å²) in [6, 6.07) is 5.47. The van der Waals surface area contributed by atoms with E-state index in [2.05, 4.69) is 28.2 Å². The van der Waals surface area contributed by atoms with Crippen molar-refractivity contribution in [1.82, 2.24) is 5.32 Å². The van der Waals surface area contributed by atoms with E-state index in [0.717, 1.165) is 48.9 Å². The fourth-order valence-electron chi connectivity index (χ4n) is 2.11. The Labute approximate surface area is 123 Å². The summed E-state index contributed by atoms with van der Waals surface area (Å²) in [6.07, 6.45) is 4.02. The van der Waals surface area contributed by atoms with Gasteiger partial charge in [-0.15, -0.1) is 0 Å². The first kappa shape index (κ1) is 16.6. The number of hydrogen-bond acceptors (Lipinski definition) is 2. The van der Waals surface area contributed by atoms with E-state index in [9.17, 15) is 4.39 Å². The van der Waals surface area contributed by atoms with Crippen molar-refractivity contribution < 1.29 is 9.13 Å². The van der Waals surface area contributed by atoms with Gasteiger partial charge in [-0.3, -0.25) is 0 Å². The van der Waals surface area contributed by atoms with Crippen molar-refractivity contribution >= 4 is 15.9 Å². The molecule has 0 aliphatic carbocycles. The molecule has 1 rings (SSSR count). The molecular weight excluding hydrogens is 309 g/mol. The second kappa shape index (κ2) is 9.45. The van der Waals surface area contributed by atoms with Gasteiger partial charge < -0.3 is 10.1 Å². The van der Waals surface area contributed by atoms with Crippen LogP contribution >= 0.6 is 15.9 Å².